The van der Waals surface area contributed by atoms with E-state index in [1.165, 1.54) is 17.4 Å². The van der Waals surface area contributed by atoms with Crippen molar-refractivity contribution < 1.29 is 17.6 Å². The molecule has 1 aromatic carbocycles. The van der Waals surface area contributed by atoms with E-state index in [1.807, 2.05) is 19.9 Å². The fraction of sp³-hybridized carbons (Fsp3) is 0.286. The molecule has 0 aliphatic heterocycles. The molecule has 0 amide bonds. The predicted molar refractivity (Wildman–Crippen MR) is 76.0 cm³/mol. The molecule has 1 heterocycles. The van der Waals surface area contributed by atoms with Crippen molar-refractivity contribution in [2.24, 2.45) is 0 Å². The highest BCUT2D eigenvalue weighted by Gasteiger charge is 2.34. The maximum atomic E-state index is 13.3. The van der Waals surface area contributed by atoms with Gasteiger partial charge in [0.15, 0.2) is 0 Å². The number of rotatable bonds is 2. The van der Waals surface area contributed by atoms with Gasteiger partial charge in [-0.25, -0.2) is 4.39 Å². The van der Waals surface area contributed by atoms with E-state index in [2.05, 4.69) is 15.9 Å². The molecule has 0 aliphatic carbocycles. The molecule has 108 valence electrons. The number of thiophene rings is 1. The molecule has 0 spiro atoms. The first kappa shape index (κ1) is 15.5. The number of halogens is 5. The predicted octanol–water partition coefficient (Wildman–Crippen LogP) is 6.01. The monoisotopic (exact) mass is 366 g/mol. The molecule has 0 saturated carbocycles. The molecule has 0 N–H and O–H groups in total. The van der Waals surface area contributed by atoms with Gasteiger partial charge in [-0.3, -0.25) is 0 Å². The summed E-state index contributed by atoms with van der Waals surface area (Å²) in [6.07, 6.45) is -4.69. The van der Waals surface area contributed by atoms with Crippen LogP contribution in [0.2, 0.25) is 0 Å². The van der Waals surface area contributed by atoms with Crippen molar-refractivity contribution in [1.82, 2.24) is 0 Å². The Kier molecular flexibility index (Phi) is 4.25. The Morgan fingerprint density at radius 1 is 1.15 bits per heavy atom. The van der Waals surface area contributed by atoms with Crippen molar-refractivity contribution in [2.45, 2.75) is 24.9 Å². The second-order valence-electron chi connectivity index (χ2n) is 4.50. The third kappa shape index (κ3) is 3.06. The van der Waals surface area contributed by atoms with Gasteiger partial charge in [0.25, 0.3) is 0 Å². The van der Waals surface area contributed by atoms with Crippen LogP contribution in [0, 0.1) is 19.7 Å². The number of hydrogen-bond donors (Lipinski definition) is 0. The van der Waals surface area contributed by atoms with Crippen LogP contribution in [0.25, 0.3) is 0 Å². The largest absolute Gasteiger partial charge is 0.419 e. The molecule has 0 radical (unpaired) electrons. The highest BCUT2D eigenvalue weighted by molar-refractivity contribution is 9.09. The lowest BCUT2D eigenvalue weighted by atomic mass is 10.0. The Morgan fingerprint density at radius 2 is 1.80 bits per heavy atom. The van der Waals surface area contributed by atoms with Gasteiger partial charge in [0, 0.05) is 9.75 Å². The maximum Gasteiger partial charge on any atom is 0.419 e. The first-order chi connectivity index (χ1) is 9.20. The fourth-order valence-electron chi connectivity index (χ4n) is 1.98. The molecule has 20 heavy (non-hydrogen) atoms. The molecule has 0 bridgehead atoms. The smallest absolute Gasteiger partial charge is 0.206 e. The summed E-state index contributed by atoms with van der Waals surface area (Å²) < 4.78 is 51.5. The van der Waals surface area contributed by atoms with E-state index < -0.39 is 17.6 Å². The van der Waals surface area contributed by atoms with Crippen molar-refractivity contribution in [3.63, 3.8) is 0 Å². The lowest BCUT2D eigenvalue weighted by molar-refractivity contribution is -0.140. The van der Waals surface area contributed by atoms with E-state index >= 15 is 0 Å². The summed E-state index contributed by atoms with van der Waals surface area (Å²) >= 11 is 4.92. The van der Waals surface area contributed by atoms with E-state index in [4.69, 9.17) is 0 Å². The number of benzene rings is 1. The Hall–Kier alpha value is -0.880. The van der Waals surface area contributed by atoms with Crippen molar-refractivity contribution in [1.29, 1.82) is 0 Å². The minimum absolute atomic E-state index is 0.372. The van der Waals surface area contributed by atoms with Crippen LogP contribution in [0.4, 0.5) is 17.6 Å². The molecule has 6 heteroatoms. The number of hydrogen-bond acceptors (Lipinski definition) is 1. The molecule has 2 aromatic rings. The zero-order valence-corrected chi connectivity index (χ0v) is 13.1. The average Bonchev–Trinajstić information content (AvgIpc) is 2.66. The Labute approximate surface area is 126 Å². The van der Waals surface area contributed by atoms with Gasteiger partial charge < -0.3 is 0 Å². The second kappa shape index (κ2) is 5.48. The quantitative estimate of drug-likeness (QED) is 0.451. The first-order valence-electron chi connectivity index (χ1n) is 5.78. The summed E-state index contributed by atoms with van der Waals surface area (Å²) in [4.78, 5) is 1.64. The van der Waals surface area contributed by atoms with Crippen molar-refractivity contribution >= 4 is 27.3 Å². The summed E-state index contributed by atoms with van der Waals surface area (Å²) in [6, 6.07) is 5.08. The average molecular weight is 367 g/mol. The van der Waals surface area contributed by atoms with Crippen LogP contribution < -0.4 is 0 Å². The molecule has 0 fully saturated rings. The van der Waals surface area contributed by atoms with Gasteiger partial charge in [-0.15, -0.1) is 11.3 Å². The molecular weight excluding hydrogens is 356 g/mol. The van der Waals surface area contributed by atoms with E-state index in [9.17, 15) is 17.6 Å². The van der Waals surface area contributed by atoms with Crippen molar-refractivity contribution in [2.75, 3.05) is 0 Å². The molecule has 0 nitrogen and oxygen atoms in total. The third-order valence-electron chi connectivity index (χ3n) is 2.90. The van der Waals surface area contributed by atoms with Gasteiger partial charge in [-0.2, -0.15) is 13.2 Å². The minimum atomic E-state index is -4.69. The van der Waals surface area contributed by atoms with Crippen molar-refractivity contribution in [3.05, 3.63) is 56.5 Å². The van der Waals surface area contributed by atoms with E-state index in [-0.39, 0.29) is 4.83 Å². The van der Waals surface area contributed by atoms with E-state index in [1.54, 1.807) is 0 Å². The van der Waals surface area contributed by atoms with Crippen molar-refractivity contribution in [3.8, 4) is 0 Å². The van der Waals surface area contributed by atoms with Gasteiger partial charge in [0.05, 0.1) is 10.4 Å². The highest BCUT2D eigenvalue weighted by atomic mass is 79.9. The SMILES string of the molecule is Cc1cc(C)c(C(Br)c2ccc(F)c(C(F)(F)F)c2)s1. The normalized spacial score (nSPS) is 13.6. The summed E-state index contributed by atoms with van der Waals surface area (Å²) in [7, 11) is 0. The van der Waals surface area contributed by atoms with Gasteiger partial charge in [0.1, 0.15) is 5.82 Å². The molecule has 0 saturated heterocycles. The van der Waals surface area contributed by atoms with Crippen LogP contribution in [0.1, 0.15) is 31.3 Å². The zero-order valence-electron chi connectivity index (χ0n) is 10.7. The molecular formula is C14H11BrF4S. The summed E-state index contributed by atoms with van der Waals surface area (Å²) in [6.45, 7) is 3.84. The van der Waals surface area contributed by atoms with Crippen LogP contribution in [0.15, 0.2) is 24.3 Å². The summed E-state index contributed by atoms with van der Waals surface area (Å²) in [5.41, 5.74) is 0.168. The Balaban J connectivity index is 2.46. The number of aryl methyl sites for hydroxylation is 2. The van der Waals surface area contributed by atoms with Gasteiger partial charge in [0.2, 0.25) is 0 Å². The molecule has 1 unspecified atom stereocenters. The van der Waals surface area contributed by atoms with Gasteiger partial charge in [-0.05, 0) is 43.2 Å². The van der Waals surface area contributed by atoms with Crippen LogP contribution in [0.3, 0.4) is 0 Å². The standard InChI is InChI=1S/C14H11BrF4S/c1-7-5-8(2)20-13(7)12(15)9-3-4-11(16)10(6-9)14(17,18)19/h3-6,12H,1-2H3. The topological polar surface area (TPSA) is 0 Å². The highest BCUT2D eigenvalue weighted by Crippen LogP contribution is 2.40. The van der Waals surface area contributed by atoms with E-state index in [0.29, 0.717) is 5.56 Å². The first-order valence-corrected chi connectivity index (χ1v) is 7.51. The van der Waals surface area contributed by atoms with Gasteiger partial charge >= 0.3 is 6.18 Å². The van der Waals surface area contributed by atoms with E-state index in [0.717, 1.165) is 27.5 Å². The molecule has 1 aromatic heterocycles. The second-order valence-corrected chi connectivity index (χ2v) is 6.71. The molecule has 0 aliphatic rings. The van der Waals surface area contributed by atoms with Crippen LogP contribution in [0.5, 0.6) is 0 Å². The number of alkyl halides is 4. The Bertz CT molecular complexity index is 631. The van der Waals surface area contributed by atoms with Gasteiger partial charge in [-0.1, -0.05) is 22.0 Å². The lowest BCUT2D eigenvalue weighted by Crippen LogP contribution is -2.09. The fourth-order valence-corrected chi connectivity index (χ4v) is 3.95. The third-order valence-corrected chi connectivity index (χ3v) is 5.41. The molecule has 2 rings (SSSR count). The zero-order chi connectivity index (χ0) is 15.1. The summed E-state index contributed by atoms with van der Waals surface area (Å²) in [5, 5.41) is 0. The minimum Gasteiger partial charge on any atom is -0.206 e. The van der Waals surface area contributed by atoms with Crippen LogP contribution in [-0.4, -0.2) is 0 Å². The van der Waals surface area contributed by atoms with Crippen LogP contribution in [-0.2, 0) is 6.18 Å². The summed E-state index contributed by atoms with van der Waals surface area (Å²) in [5.74, 6) is -1.25. The van der Waals surface area contributed by atoms with Crippen LogP contribution >= 0.6 is 27.3 Å². The maximum absolute atomic E-state index is 13.3. The molecule has 1 atom stereocenters. The Morgan fingerprint density at radius 3 is 2.30 bits per heavy atom. The lowest BCUT2D eigenvalue weighted by Gasteiger charge is -2.14.